The van der Waals surface area contributed by atoms with Gasteiger partial charge >= 0.3 is 6.85 Å². The minimum absolute atomic E-state index is 0.0478. The molecular formula is C68H53BN2O. The van der Waals surface area contributed by atoms with Crippen LogP contribution in [0, 0.1) is 46.3 Å². The number of benzene rings is 8. The first kappa shape index (κ1) is 37.9. The van der Waals surface area contributed by atoms with Gasteiger partial charge in [0.2, 0.25) is 0 Å². The highest BCUT2D eigenvalue weighted by Gasteiger charge is 2.78. The highest BCUT2D eigenvalue weighted by molar-refractivity contribution is 6.93. The SMILES string of the molecule is c1ccc(-c2ccc(N3B4c5c(cc(-c6ccccc6)cc5-n5c6ccc(C78CC9CC%10CC(C7)C%109C8)cc6c6cc(C78CC9CC%10CC(C7)C%109C8)cc4c65)-c4c3ccc3oc5ccccc5c43)cc2)cc1. The molecule has 0 amide bonds. The number of fused-ring (bicyclic) bond motifs is 13. The largest absolute Gasteiger partial charge is 0.456 e. The molecule has 10 aromatic rings. The first-order chi connectivity index (χ1) is 35.5. The molecule has 0 saturated heterocycles. The quantitative estimate of drug-likeness (QED) is 0.160. The number of aromatic nitrogens is 1. The maximum atomic E-state index is 6.81. The standard InChI is InChI=1S/C68H53BN2O/c1-3-9-38(10-4-1)40-15-18-50(19-16-40)71-57-21-22-60-62(51-13-7-8-14-59(51)72-60)61(57)54-23-41(39-11-5-2-6-12-39)24-58-63(54)69(71)55-31-43(66-34-48-27-45-28-49(35-66)68(45,48)37-66)30-53-52-29-42(17-20-56(52)70(58)64(53)55)65-32-46-25-44-26-47(33-65)67(44,46)36-65/h1-24,29-31,44-49H,25-28,32-37H2. The fourth-order valence-corrected chi connectivity index (χ4v) is 20.8. The van der Waals surface area contributed by atoms with E-state index in [0.717, 1.165) is 46.7 Å². The minimum atomic E-state index is -0.0478. The van der Waals surface area contributed by atoms with E-state index >= 15 is 0 Å². The van der Waals surface area contributed by atoms with Crippen LogP contribution in [0.5, 0.6) is 0 Å². The summed E-state index contributed by atoms with van der Waals surface area (Å²) in [4.78, 5) is 2.77. The average molecular weight is 925 g/mol. The summed E-state index contributed by atoms with van der Waals surface area (Å²) >= 11 is 0. The molecule has 20 rings (SSSR count). The number of para-hydroxylation sites is 1. The first-order valence-corrected chi connectivity index (χ1v) is 27.7. The second-order valence-electron chi connectivity index (χ2n) is 25.5. The summed E-state index contributed by atoms with van der Waals surface area (Å²) in [6.07, 6.45) is 14.4. The monoisotopic (exact) mass is 924 g/mol. The molecule has 4 unspecified atom stereocenters. The molecule has 344 valence electrons. The van der Waals surface area contributed by atoms with Crippen molar-refractivity contribution in [2.75, 3.05) is 4.81 Å². The molecular weight excluding hydrogens is 872 g/mol. The molecule has 8 aliphatic carbocycles. The van der Waals surface area contributed by atoms with Gasteiger partial charge in [0, 0.05) is 44.2 Å². The molecule has 4 bridgehead atoms. The molecule has 8 aromatic carbocycles. The molecule has 4 heterocycles. The van der Waals surface area contributed by atoms with Crippen molar-refractivity contribution in [3.63, 3.8) is 0 Å². The maximum Gasteiger partial charge on any atom is 0.333 e. The van der Waals surface area contributed by atoms with E-state index in [1.807, 2.05) is 0 Å². The van der Waals surface area contributed by atoms with Crippen molar-refractivity contribution < 1.29 is 4.42 Å². The predicted molar refractivity (Wildman–Crippen MR) is 293 cm³/mol. The van der Waals surface area contributed by atoms with Gasteiger partial charge in [-0.3, -0.25) is 0 Å². The van der Waals surface area contributed by atoms with E-state index in [1.54, 1.807) is 11.1 Å². The van der Waals surface area contributed by atoms with Crippen LogP contribution < -0.4 is 15.7 Å². The Bertz CT molecular complexity index is 4110. The van der Waals surface area contributed by atoms with Crippen LogP contribution in [0.1, 0.15) is 75.3 Å². The Hall–Kier alpha value is -6.78. The van der Waals surface area contributed by atoms with E-state index < -0.39 is 0 Å². The fourth-order valence-electron chi connectivity index (χ4n) is 20.8. The van der Waals surface area contributed by atoms with Crippen LogP contribution in [0.15, 0.2) is 168 Å². The van der Waals surface area contributed by atoms with Crippen molar-refractivity contribution in [1.82, 2.24) is 4.57 Å². The molecule has 2 aliphatic heterocycles. The highest BCUT2D eigenvalue weighted by atomic mass is 16.3. The Morgan fingerprint density at radius 1 is 0.472 bits per heavy atom. The van der Waals surface area contributed by atoms with Crippen molar-refractivity contribution in [3.05, 3.63) is 175 Å². The summed E-state index contributed by atoms with van der Waals surface area (Å²) in [6.45, 7) is -0.0478. The van der Waals surface area contributed by atoms with Crippen LogP contribution in [-0.2, 0) is 10.8 Å². The predicted octanol–water partition coefficient (Wildman–Crippen LogP) is 15.4. The number of hydrogen-bond donors (Lipinski definition) is 0. The summed E-state index contributed by atoms with van der Waals surface area (Å²) in [7, 11) is 0. The van der Waals surface area contributed by atoms with Gasteiger partial charge in [0.25, 0.3) is 0 Å². The third-order valence-corrected chi connectivity index (χ3v) is 23.4. The van der Waals surface area contributed by atoms with Gasteiger partial charge in [0.1, 0.15) is 11.2 Å². The van der Waals surface area contributed by atoms with Gasteiger partial charge in [-0.1, -0.05) is 103 Å². The summed E-state index contributed by atoms with van der Waals surface area (Å²) < 4.78 is 9.58. The Balaban J connectivity index is 0.914. The normalized spacial score (nSPS) is 32.6. The van der Waals surface area contributed by atoms with Crippen molar-refractivity contribution in [1.29, 1.82) is 0 Å². The molecule has 0 N–H and O–H groups in total. The van der Waals surface area contributed by atoms with Crippen LogP contribution in [0.2, 0.25) is 0 Å². The Kier molecular flexibility index (Phi) is 6.41. The van der Waals surface area contributed by atoms with Crippen molar-refractivity contribution in [3.8, 4) is 39.1 Å². The Labute approximate surface area is 420 Å². The van der Waals surface area contributed by atoms with Gasteiger partial charge in [-0.2, -0.15) is 0 Å². The summed E-state index contributed by atoms with van der Waals surface area (Å²) in [5.41, 5.74) is 24.2. The Morgan fingerprint density at radius 2 is 1.10 bits per heavy atom. The summed E-state index contributed by atoms with van der Waals surface area (Å²) in [5, 5.41) is 5.36. The highest BCUT2D eigenvalue weighted by Crippen LogP contribution is 2.85. The molecule has 72 heavy (non-hydrogen) atoms. The van der Waals surface area contributed by atoms with Crippen LogP contribution in [0.25, 0.3) is 82.8 Å². The van der Waals surface area contributed by atoms with Gasteiger partial charge in [0.05, 0.1) is 11.0 Å². The number of furan rings is 1. The van der Waals surface area contributed by atoms with Crippen molar-refractivity contribution >= 4 is 72.9 Å². The van der Waals surface area contributed by atoms with E-state index in [-0.39, 0.29) is 12.3 Å². The van der Waals surface area contributed by atoms with E-state index in [4.69, 9.17) is 4.42 Å². The van der Waals surface area contributed by atoms with Gasteiger partial charge in [-0.05, 0) is 232 Å². The van der Waals surface area contributed by atoms with E-state index in [2.05, 4.69) is 173 Å². The van der Waals surface area contributed by atoms with Crippen LogP contribution in [0.3, 0.4) is 0 Å². The van der Waals surface area contributed by atoms with Gasteiger partial charge in [0.15, 0.2) is 0 Å². The van der Waals surface area contributed by atoms with Crippen LogP contribution >= 0.6 is 0 Å². The molecule has 8 saturated carbocycles. The lowest BCUT2D eigenvalue weighted by Crippen LogP contribution is -2.61. The van der Waals surface area contributed by atoms with Crippen LogP contribution in [-0.4, -0.2) is 11.4 Å². The molecule has 4 heteroatoms. The van der Waals surface area contributed by atoms with E-state index in [0.29, 0.717) is 16.2 Å². The number of hydrogen-bond acceptors (Lipinski definition) is 2. The topological polar surface area (TPSA) is 21.3 Å². The second-order valence-corrected chi connectivity index (χ2v) is 25.5. The second kappa shape index (κ2) is 12.2. The minimum Gasteiger partial charge on any atom is -0.456 e. The summed E-state index contributed by atoms with van der Waals surface area (Å²) in [5.74, 6) is 5.76. The molecule has 2 aromatic heterocycles. The smallest absolute Gasteiger partial charge is 0.333 e. The molecule has 8 fully saturated rings. The molecule has 2 spiro atoms. The third-order valence-electron chi connectivity index (χ3n) is 23.4. The maximum absolute atomic E-state index is 6.81. The van der Waals surface area contributed by atoms with Crippen LogP contribution in [0.4, 0.5) is 11.4 Å². The molecule has 3 nitrogen and oxygen atoms in total. The fraction of sp³-hybridized carbons (Fsp3) is 0.294. The zero-order valence-corrected chi connectivity index (χ0v) is 40.5. The lowest BCUT2D eigenvalue weighted by Gasteiger charge is -2.66. The van der Waals surface area contributed by atoms with Gasteiger partial charge in [-0.15, -0.1) is 0 Å². The summed E-state index contributed by atoms with van der Waals surface area (Å²) in [6, 6.07) is 63.8. The molecule has 0 radical (unpaired) electrons. The van der Waals surface area contributed by atoms with E-state index in [9.17, 15) is 0 Å². The average Bonchev–Trinajstić information content (AvgIpc) is 4.25. The first-order valence-electron chi connectivity index (χ1n) is 27.7. The van der Waals surface area contributed by atoms with Crippen molar-refractivity contribution in [2.45, 2.75) is 75.0 Å². The van der Waals surface area contributed by atoms with Gasteiger partial charge < -0.3 is 13.8 Å². The zero-order chi connectivity index (χ0) is 46.2. The van der Waals surface area contributed by atoms with Crippen molar-refractivity contribution in [2.24, 2.45) is 46.3 Å². The lowest BCUT2D eigenvalue weighted by atomic mass is 9.38. The van der Waals surface area contributed by atoms with E-state index in [1.165, 1.54) is 158 Å². The lowest BCUT2D eigenvalue weighted by molar-refractivity contribution is -0.175. The Morgan fingerprint density at radius 3 is 1.78 bits per heavy atom. The molecule has 10 aliphatic rings. The molecule has 4 atom stereocenters. The number of rotatable bonds is 5. The van der Waals surface area contributed by atoms with Gasteiger partial charge in [-0.25, -0.2) is 0 Å². The number of anilines is 2. The number of nitrogens with zero attached hydrogens (tertiary/aromatic N) is 2. The third kappa shape index (κ3) is 4.10. The zero-order valence-electron chi connectivity index (χ0n) is 40.5.